The van der Waals surface area contributed by atoms with Gasteiger partial charge in [-0.3, -0.25) is 0 Å². The zero-order chi connectivity index (χ0) is 10.9. The van der Waals surface area contributed by atoms with Crippen LogP contribution in [0.1, 0.15) is 18.1 Å². The van der Waals surface area contributed by atoms with E-state index >= 15 is 0 Å². The molecule has 1 aromatic carbocycles. The summed E-state index contributed by atoms with van der Waals surface area (Å²) in [5, 5.41) is 0.524. The Bertz CT molecular complexity index is 337. The van der Waals surface area contributed by atoms with Crippen LogP contribution in [0.5, 0.6) is 0 Å². The molecule has 2 N–H and O–H groups in total. The molecule has 0 amide bonds. The van der Waals surface area contributed by atoms with Gasteiger partial charge in [-0.2, -0.15) is 0 Å². The van der Waals surface area contributed by atoms with Gasteiger partial charge in [-0.15, -0.1) is 0 Å². The molecule has 0 aliphatic carbocycles. The first-order chi connectivity index (χ1) is 6.35. The van der Waals surface area contributed by atoms with E-state index in [-0.39, 0.29) is 0 Å². The van der Waals surface area contributed by atoms with Gasteiger partial charge in [-0.1, -0.05) is 17.7 Å². The molecule has 78 valence electrons. The predicted octanol–water partition coefficient (Wildman–Crippen LogP) is 3.09. The second-order valence-corrected chi connectivity index (χ2v) is 3.98. The van der Waals surface area contributed by atoms with Gasteiger partial charge in [0.2, 0.25) is 0 Å². The van der Waals surface area contributed by atoms with E-state index in [1.165, 1.54) is 6.92 Å². The summed E-state index contributed by atoms with van der Waals surface area (Å²) in [6.07, 6.45) is -2.60. The maximum Gasteiger partial charge on any atom is 0.260 e. The van der Waals surface area contributed by atoms with E-state index in [1.807, 2.05) is 0 Å². The van der Waals surface area contributed by atoms with Crippen molar-refractivity contribution in [2.75, 3.05) is 0 Å². The van der Waals surface area contributed by atoms with Crippen molar-refractivity contribution < 1.29 is 8.78 Å². The molecular formula is C10H12ClF2N. The average molecular weight is 220 g/mol. The number of rotatable bonds is 2. The van der Waals surface area contributed by atoms with Crippen molar-refractivity contribution in [3.05, 3.63) is 34.3 Å². The van der Waals surface area contributed by atoms with E-state index in [1.54, 1.807) is 25.1 Å². The number of alkyl halides is 2. The van der Waals surface area contributed by atoms with E-state index < -0.39 is 12.0 Å². The van der Waals surface area contributed by atoms with Gasteiger partial charge in [0.15, 0.2) is 0 Å². The molecule has 0 aromatic heterocycles. The molecule has 1 aromatic rings. The van der Waals surface area contributed by atoms with Crippen LogP contribution in [0.25, 0.3) is 0 Å². The van der Waals surface area contributed by atoms with Crippen molar-refractivity contribution in [3.63, 3.8) is 0 Å². The first-order valence-corrected chi connectivity index (χ1v) is 4.57. The molecule has 0 radical (unpaired) electrons. The summed E-state index contributed by atoms with van der Waals surface area (Å²) >= 11 is 5.72. The van der Waals surface area contributed by atoms with Crippen molar-refractivity contribution in [2.45, 2.75) is 25.8 Å². The van der Waals surface area contributed by atoms with E-state index in [9.17, 15) is 8.78 Å². The van der Waals surface area contributed by atoms with Crippen molar-refractivity contribution in [2.24, 2.45) is 5.73 Å². The zero-order valence-electron chi connectivity index (χ0n) is 8.02. The molecule has 0 saturated heterocycles. The number of benzene rings is 1. The average Bonchev–Trinajstić information content (AvgIpc) is 2.02. The first-order valence-electron chi connectivity index (χ1n) is 4.19. The summed E-state index contributed by atoms with van der Waals surface area (Å²) in [6.45, 7) is 3.03. The Kier molecular flexibility index (Phi) is 3.12. The molecule has 14 heavy (non-hydrogen) atoms. The minimum atomic E-state index is -2.60. The van der Waals surface area contributed by atoms with Crippen LogP contribution in [0, 0.1) is 6.92 Å². The van der Waals surface area contributed by atoms with E-state index in [2.05, 4.69) is 0 Å². The molecule has 0 aliphatic rings. The lowest BCUT2D eigenvalue weighted by atomic mass is 9.90. The molecule has 1 unspecified atom stereocenters. The van der Waals surface area contributed by atoms with Gasteiger partial charge in [-0.25, -0.2) is 8.78 Å². The van der Waals surface area contributed by atoms with Crippen LogP contribution in [0.3, 0.4) is 0 Å². The van der Waals surface area contributed by atoms with Crippen LogP contribution in [0.2, 0.25) is 5.02 Å². The topological polar surface area (TPSA) is 26.0 Å². The maximum absolute atomic E-state index is 12.6. The first kappa shape index (κ1) is 11.4. The standard InChI is InChI=1S/C10H12ClF2N/c1-6-5-7(11)3-4-8(6)10(2,14)9(12)13/h3-5,9H,14H2,1-2H3. The summed E-state index contributed by atoms with van der Waals surface area (Å²) < 4.78 is 25.2. The Labute approximate surface area is 86.9 Å². The van der Waals surface area contributed by atoms with Gasteiger partial charge in [0, 0.05) is 5.02 Å². The third-order valence-electron chi connectivity index (χ3n) is 2.22. The lowest BCUT2D eigenvalue weighted by Crippen LogP contribution is -2.41. The Morgan fingerprint density at radius 2 is 2.00 bits per heavy atom. The second-order valence-electron chi connectivity index (χ2n) is 3.54. The highest BCUT2D eigenvalue weighted by molar-refractivity contribution is 6.30. The maximum atomic E-state index is 12.6. The molecule has 0 saturated carbocycles. The van der Waals surface area contributed by atoms with Gasteiger partial charge in [0.05, 0.1) is 5.54 Å². The Morgan fingerprint density at radius 1 is 1.43 bits per heavy atom. The summed E-state index contributed by atoms with van der Waals surface area (Å²) in [6, 6.07) is 4.74. The van der Waals surface area contributed by atoms with Crippen LogP contribution >= 0.6 is 11.6 Å². The molecule has 1 rings (SSSR count). The molecule has 0 bridgehead atoms. The van der Waals surface area contributed by atoms with E-state index in [4.69, 9.17) is 17.3 Å². The van der Waals surface area contributed by atoms with Crippen LogP contribution in [-0.2, 0) is 5.54 Å². The normalized spacial score (nSPS) is 15.6. The van der Waals surface area contributed by atoms with E-state index in [0.717, 1.165) is 0 Å². The molecule has 0 aliphatic heterocycles. The highest BCUT2D eigenvalue weighted by Gasteiger charge is 2.33. The lowest BCUT2D eigenvalue weighted by Gasteiger charge is -2.25. The second kappa shape index (κ2) is 3.83. The van der Waals surface area contributed by atoms with Gasteiger partial charge >= 0.3 is 0 Å². The highest BCUT2D eigenvalue weighted by Crippen LogP contribution is 2.29. The lowest BCUT2D eigenvalue weighted by molar-refractivity contribution is 0.0622. The van der Waals surface area contributed by atoms with Crippen molar-refractivity contribution in [1.29, 1.82) is 0 Å². The number of hydrogen-bond donors (Lipinski definition) is 1. The third kappa shape index (κ3) is 2.04. The number of hydrogen-bond acceptors (Lipinski definition) is 1. The minimum Gasteiger partial charge on any atom is -0.317 e. The molecule has 0 heterocycles. The fourth-order valence-corrected chi connectivity index (χ4v) is 1.58. The van der Waals surface area contributed by atoms with Crippen molar-refractivity contribution in [1.82, 2.24) is 0 Å². The summed E-state index contributed by atoms with van der Waals surface area (Å²) in [5.74, 6) is 0. The number of nitrogens with two attached hydrogens (primary N) is 1. The Morgan fingerprint density at radius 3 is 2.43 bits per heavy atom. The Hall–Kier alpha value is -0.670. The van der Waals surface area contributed by atoms with Crippen molar-refractivity contribution in [3.8, 4) is 0 Å². The molecular weight excluding hydrogens is 208 g/mol. The van der Waals surface area contributed by atoms with Gasteiger partial charge in [-0.05, 0) is 37.1 Å². The van der Waals surface area contributed by atoms with Crippen LogP contribution < -0.4 is 5.73 Å². The summed E-state index contributed by atoms with van der Waals surface area (Å²) in [7, 11) is 0. The van der Waals surface area contributed by atoms with E-state index in [0.29, 0.717) is 16.1 Å². The van der Waals surface area contributed by atoms with Gasteiger partial charge in [0.25, 0.3) is 6.43 Å². The predicted molar refractivity (Wildman–Crippen MR) is 53.7 cm³/mol. The minimum absolute atomic E-state index is 0.428. The fourth-order valence-electron chi connectivity index (χ4n) is 1.35. The molecule has 1 nitrogen and oxygen atoms in total. The van der Waals surface area contributed by atoms with Crippen LogP contribution in [0.15, 0.2) is 18.2 Å². The smallest absolute Gasteiger partial charge is 0.260 e. The van der Waals surface area contributed by atoms with Gasteiger partial charge in [0.1, 0.15) is 0 Å². The zero-order valence-corrected chi connectivity index (χ0v) is 8.78. The molecule has 0 spiro atoms. The molecule has 0 fully saturated rings. The van der Waals surface area contributed by atoms with Gasteiger partial charge < -0.3 is 5.73 Å². The third-order valence-corrected chi connectivity index (χ3v) is 2.46. The molecule has 1 atom stereocenters. The summed E-state index contributed by atoms with van der Waals surface area (Å²) in [4.78, 5) is 0. The van der Waals surface area contributed by atoms with Crippen molar-refractivity contribution >= 4 is 11.6 Å². The number of halogens is 3. The monoisotopic (exact) mass is 219 g/mol. The molecule has 4 heteroatoms. The fraction of sp³-hybridized carbons (Fsp3) is 0.400. The van der Waals surface area contributed by atoms with Crippen LogP contribution in [-0.4, -0.2) is 6.43 Å². The number of aryl methyl sites for hydroxylation is 1. The summed E-state index contributed by atoms with van der Waals surface area (Å²) in [5.41, 5.74) is 5.03. The van der Waals surface area contributed by atoms with Crippen LogP contribution in [0.4, 0.5) is 8.78 Å². The Balaban J connectivity index is 3.19. The largest absolute Gasteiger partial charge is 0.317 e. The quantitative estimate of drug-likeness (QED) is 0.813. The highest BCUT2D eigenvalue weighted by atomic mass is 35.5. The SMILES string of the molecule is Cc1cc(Cl)ccc1C(C)(N)C(F)F.